The van der Waals surface area contributed by atoms with E-state index in [2.05, 4.69) is 0 Å². The smallest absolute Gasteiger partial charge is 0.326 e. The monoisotopic (exact) mass is 492 g/mol. The van der Waals surface area contributed by atoms with Crippen molar-refractivity contribution in [3.05, 3.63) is 97.1 Å². The molecule has 3 N–H and O–H groups in total. The molecule has 1 aromatic heterocycles. The van der Waals surface area contributed by atoms with Crippen molar-refractivity contribution in [2.45, 2.75) is 24.7 Å². The lowest BCUT2D eigenvalue weighted by molar-refractivity contribution is -0.196. The van der Waals surface area contributed by atoms with E-state index in [0.29, 0.717) is 0 Å². The number of nitrogens with zero attached hydrogens (tertiary/aromatic N) is 1. The summed E-state index contributed by atoms with van der Waals surface area (Å²) in [6, 6.07) is 13.8. The number of aromatic amines is 1. The molecule has 4 rings (SSSR count). The number of hydrogen-bond acceptors (Lipinski definition) is 4. The Bertz CT molecular complexity index is 1400. The predicted octanol–water partition coefficient (Wildman–Crippen LogP) is 2.57. The van der Waals surface area contributed by atoms with E-state index >= 15 is 0 Å². The van der Waals surface area contributed by atoms with Crippen molar-refractivity contribution in [2.24, 2.45) is 0 Å². The maximum absolute atomic E-state index is 14.4. The lowest BCUT2D eigenvalue weighted by atomic mass is 9.91. The number of amides is 2. The Labute approximate surface area is 194 Å². The molecule has 1 aliphatic heterocycles. The number of aryl methyl sites for hydroxylation is 1. The number of fused-ring (bicyclic) bond motifs is 1. The van der Waals surface area contributed by atoms with Crippen LogP contribution in [0.25, 0.3) is 0 Å². The van der Waals surface area contributed by atoms with Crippen molar-refractivity contribution >= 4 is 29.2 Å². The summed E-state index contributed by atoms with van der Waals surface area (Å²) >= 11 is 5.81. The van der Waals surface area contributed by atoms with Gasteiger partial charge in [0.05, 0.1) is 0 Å². The lowest BCUT2D eigenvalue weighted by Gasteiger charge is -2.30. The van der Waals surface area contributed by atoms with Crippen molar-refractivity contribution in [1.82, 2.24) is 14.9 Å². The molecule has 0 bridgehead atoms. The first-order valence-electron chi connectivity index (χ1n) is 9.92. The quantitative estimate of drug-likeness (QED) is 0.508. The molecule has 2 aromatic carbocycles. The lowest BCUT2D eigenvalue weighted by Crippen LogP contribution is -2.62. The zero-order chi connectivity index (χ0) is 24.7. The summed E-state index contributed by atoms with van der Waals surface area (Å²) in [4.78, 5) is 52.4. The third kappa shape index (κ3) is 3.87. The molecule has 12 heteroatoms. The average molecular weight is 493 g/mol. The van der Waals surface area contributed by atoms with E-state index < -0.39 is 46.2 Å². The molecule has 0 spiro atoms. The Morgan fingerprint density at radius 2 is 1.76 bits per heavy atom. The van der Waals surface area contributed by atoms with Crippen LogP contribution in [0.3, 0.4) is 0 Å². The number of aromatic nitrogens is 2. The number of H-pyrrole nitrogens is 1. The molecule has 0 aliphatic carbocycles. The second-order valence-corrected chi connectivity index (χ2v) is 7.97. The molecule has 0 unspecified atom stereocenters. The molecule has 1 aliphatic rings. The summed E-state index contributed by atoms with van der Waals surface area (Å²) < 4.78 is 44.1. The van der Waals surface area contributed by atoms with Crippen LogP contribution >= 0.6 is 11.6 Å². The fourth-order valence-corrected chi connectivity index (χ4v) is 3.99. The van der Waals surface area contributed by atoms with Crippen LogP contribution in [0.5, 0.6) is 0 Å². The van der Waals surface area contributed by atoms with Crippen molar-refractivity contribution < 1.29 is 22.8 Å². The number of carbonyl (C=O) groups is 2. The van der Waals surface area contributed by atoms with E-state index in [1.807, 2.05) is 10.3 Å². The normalized spacial score (nSPS) is 17.2. The zero-order valence-electron chi connectivity index (χ0n) is 17.2. The third-order valence-electron chi connectivity index (χ3n) is 5.43. The van der Waals surface area contributed by atoms with Crippen LogP contribution in [0.4, 0.5) is 19.0 Å². The number of halogens is 4. The maximum Gasteiger partial charge on any atom is 0.425 e. The van der Waals surface area contributed by atoms with Gasteiger partial charge in [0.15, 0.2) is 0 Å². The van der Waals surface area contributed by atoms with Gasteiger partial charge in [0.25, 0.3) is 22.9 Å². The second-order valence-electron chi connectivity index (χ2n) is 7.54. The highest BCUT2D eigenvalue weighted by Crippen LogP contribution is 2.45. The zero-order valence-corrected chi connectivity index (χ0v) is 18.0. The predicted molar refractivity (Wildman–Crippen MR) is 117 cm³/mol. The Kier molecular flexibility index (Phi) is 5.82. The molecule has 0 fully saturated rings. The largest absolute Gasteiger partial charge is 0.425 e. The molecule has 3 aromatic rings. The summed E-state index contributed by atoms with van der Waals surface area (Å²) in [5, 5.41) is 3.75. The highest BCUT2D eigenvalue weighted by molar-refractivity contribution is 6.31. The van der Waals surface area contributed by atoms with E-state index in [1.165, 1.54) is 18.2 Å². The highest BCUT2D eigenvalue weighted by atomic mass is 35.5. The maximum atomic E-state index is 14.4. The first kappa shape index (κ1) is 23.3. The van der Waals surface area contributed by atoms with Gasteiger partial charge < -0.3 is 10.6 Å². The van der Waals surface area contributed by atoms with Gasteiger partial charge in [-0.15, -0.1) is 0 Å². The topological polar surface area (TPSA) is 113 Å². The molecule has 34 heavy (non-hydrogen) atoms. The summed E-state index contributed by atoms with van der Waals surface area (Å²) in [6.45, 7) is -0.140. The molecule has 1 atom stereocenters. The van der Waals surface area contributed by atoms with Crippen LogP contribution in [0.2, 0.25) is 5.02 Å². The number of alkyl halides is 3. The minimum atomic E-state index is -5.43. The van der Waals surface area contributed by atoms with Crippen molar-refractivity contribution in [3.8, 4) is 0 Å². The second kappa shape index (κ2) is 8.49. The average Bonchev–Trinajstić information content (AvgIpc) is 3.07. The number of nitrogens with one attached hydrogen (secondary N) is 3. The van der Waals surface area contributed by atoms with Gasteiger partial charge >= 0.3 is 11.9 Å². The first-order valence-corrected chi connectivity index (χ1v) is 10.3. The van der Waals surface area contributed by atoms with Crippen LogP contribution in [-0.4, -0.2) is 27.5 Å². The van der Waals surface area contributed by atoms with Gasteiger partial charge in [0.1, 0.15) is 11.4 Å². The third-order valence-corrected chi connectivity index (χ3v) is 5.66. The number of carbonyl (C=O) groups excluding carboxylic acids is 2. The van der Waals surface area contributed by atoms with Crippen molar-refractivity contribution in [2.75, 3.05) is 5.32 Å². The van der Waals surface area contributed by atoms with Gasteiger partial charge in [-0.2, -0.15) is 13.2 Å². The highest BCUT2D eigenvalue weighted by Gasteiger charge is 2.68. The van der Waals surface area contributed by atoms with Crippen LogP contribution in [0.1, 0.15) is 21.5 Å². The standard InChI is InChI=1S/C22H16ClF3N4O4/c23-14-8-4-7-13(11-14)17(31)29-21(22(24,25)26)15-16(27-19(21)33)30(20(34)28-18(15)32)10-9-12-5-2-1-3-6-12/h1-8,11H,9-10H2,(H,27,33)(H,29,31)(H,28,32,34)/t21-/m1/s1. The number of benzene rings is 2. The molecule has 0 radical (unpaired) electrons. The van der Waals surface area contributed by atoms with E-state index in [0.717, 1.165) is 16.2 Å². The minimum absolute atomic E-state index is 0.0811. The van der Waals surface area contributed by atoms with Crippen molar-refractivity contribution in [1.29, 1.82) is 0 Å². The number of anilines is 1. The Morgan fingerprint density at radius 3 is 2.41 bits per heavy atom. The fourth-order valence-electron chi connectivity index (χ4n) is 3.80. The molecular weight excluding hydrogens is 477 g/mol. The van der Waals surface area contributed by atoms with Crippen LogP contribution in [0, 0.1) is 0 Å². The summed E-state index contributed by atoms with van der Waals surface area (Å²) in [6.07, 6.45) is -5.20. The number of hydrogen-bond donors (Lipinski definition) is 3. The van der Waals surface area contributed by atoms with Gasteiger partial charge in [-0.25, -0.2) is 4.79 Å². The van der Waals surface area contributed by atoms with Gasteiger partial charge in [-0.3, -0.25) is 23.9 Å². The van der Waals surface area contributed by atoms with E-state index in [9.17, 15) is 32.3 Å². The van der Waals surface area contributed by atoms with Crippen LogP contribution in [0.15, 0.2) is 64.2 Å². The van der Waals surface area contributed by atoms with Crippen molar-refractivity contribution in [3.63, 3.8) is 0 Å². The van der Waals surface area contributed by atoms with Crippen LogP contribution in [-0.2, 0) is 23.3 Å². The minimum Gasteiger partial charge on any atom is -0.326 e. The molecule has 2 heterocycles. The summed E-state index contributed by atoms with van der Waals surface area (Å²) in [5.41, 5.74) is -6.77. The molecule has 176 valence electrons. The first-order chi connectivity index (χ1) is 16.0. The summed E-state index contributed by atoms with van der Waals surface area (Å²) in [5.74, 6) is -3.63. The summed E-state index contributed by atoms with van der Waals surface area (Å²) in [7, 11) is 0. The van der Waals surface area contributed by atoms with E-state index in [-0.39, 0.29) is 23.6 Å². The van der Waals surface area contributed by atoms with Gasteiger partial charge in [0.2, 0.25) is 0 Å². The fraction of sp³-hybridized carbons (Fsp3) is 0.182. The van der Waals surface area contributed by atoms with E-state index in [1.54, 1.807) is 35.6 Å². The molecule has 8 nitrogen and oxygen atoms in total. The van der Waals surface area contributed by atoms with Gasteiger partial charge in [0, 0.05) is 17.1 Å². The molecule has 0 saturated heterocycles. The number of rotatable bonds is 5. The SMILES string of the molecule is O=C(N[C@@]1(C(F)(F)F)C(=O)Nc2c1c(=O)[nH]c(=O)n2CCc1ccccc1)c1cccc(Cl)c1. The van der Waals surface area contributed by atoms with E-state index in [4.69, 9.17) is 11.6 Å². The van der Waals surface area contributed by atoms with Gasteiger partial charge in [-0.1, -0.05) is 48.0 Å². The Hall–Kier alpha value is -3.86. The Morgan fingerprint density at radius 1 is 1.06 bits per heavy atom. The Balaban J connectivity index is 1.83. The van der Waals surface area contributed by atoms with Crippen LogP contribution < -0.4 is 21.9 Å². The molecule has 2 amide bonds. The van der Waals surface area contributed by atoms with Gasteiger partial charge in [-0.05, 0) is 30.2 Å². The molecular formula is C22H16ClF3N4O4. The molecule has 0 saturated carbocycles.